The maximum atomic E-state index is 5.63. The third-order valence-electron chi connectivity index (χ3n) is 3.01. The molecule has 1 aromatic heterocycles. The van der Waals surface area contributed by atoms with Crippen molar-refractivity contribution in [2.45, 2.75) is 13.8 Å². The van der Waals surface area contributed by atoms with Crippen LogP contribution in [0, 0.1) is 6.92 Å². The Balaban J connectivity index is 1.94. The van der Waals surface area contributed by atoms with Gasteiger partial charge in [-0.2, -0.15) is 0 Å². The summed E-state index contributed by atoms with van der Waals surface area (Å²) in [5.41, 5.74) is 3.18. The molecular weight excluding hydrogens is 268 g/mol. The molecule has 0 aliphatic carbocycles. The molecule has 102 valence electrons. The zero-order valence-electron chi connectivity index (χ0n) is 11.5. The lowest BCUT2D eigenvalue weighted by atomic mass is 10.2. The molecule has 0 unspecified atom stereocenters. The Morgan fingerprint density at radius 1 is 1.20 bits per heavy atom. The Morgan fingerprint density at radius 2 is 2.00 bits per heavy atom. The summed E-state index contributed by atoms with van der Waals surface area (Å²) in [6.07, 6.45) is 0. The molecule has 3 nitrogen and oxygen atoms in total. The number of para-hydroxylation sites is 1. The van der Waals surface area contributed by atoms with E-state index in [-0.39, 0.29) is 0 Å². The number of anilines is 2. The second kappa shape index (κ2) is 5.51. The summed E-state index contributed by atoms with van der Waals surface area (Å²) >= 11 is 1.64. The first kappa shape index (κ1) is 12.9. The van der Waals surface area contributed by atoms with Crippen molar-refractivity contribution in [3.63, 3.8) is 0 Å². The Morgan fingerprint density at radius 3 is 2.75 bits per heavy atom. The predicted molar refractivity (Wildman–Crippen MR) is 85.3 cm³/mol. The molecule has 0 aliphatic rings. The molecule has 0 saturated heterocycles. The molecule has 0 bridgehead atoms. The molecule has 0 atom stereocenters. The number of aromatic nitrogens is 1. The van der Waals surface area contributed by atoms with Gasteiger partial charge in [-0.05, 0) is 43.7 Å². The largest absolute Gasteiger partial charge is 0.494 e. The van der Waals surface area contributed by atoms with Crippen molar-refractivity contribution in [3.05, 3.63) is 48.0 Å². The Hall–Kier alpha value is -2.07. The van der Waals surface area contributed by atoms with Gasteiger partial charge in [-0.15, -0.1) is 0 Å². The van der Waals surface area contributed by atoms with Gasteiger partial charge in [0.2, 0.25) is 0 Å². The molecule has 0 fully saturated rings. The van der Waals surface area contributed by atoms with Gasteiger partial charge in [0.1, 0.15) is 5.75 Å². The highest BCUT2D eigenvalue weighted by Gasteiger charge is 2.08. The van der Waals surface area contributed by atoms with Crippen LogP contribution in [0.4, 0.5) is 10.8 Å². The number of thiazole rings is 1. The Bertz CT molecular complexity index is 722. The first-order valence-electron chi connectivity index (χ1n) is 6.62. The van der Waals surface area contributed by atoms with E-state index in [0.717, 1.165) is 32.3 Å². The number of hydrogen-bond acceptors (Lipinski definition) is 4. The lowest BCUT2D eigenvalue weighted by Crippen LogP contribution is -1.93. The smallest absolute Gasteiger partial charge is 0.188 e. The van der Waals surface area contributed by atoms with Gasteiger partial charge in [-0.1, -0.05) is 29.5 Å². The van der Waals surface area contributed by atoms with E-state index in [9.17, 15) is 0 Å². The van der Waals surface area contributed by atoms with Crippen molar-refractivity contribution in [2.75, 3.05) is 11.9 Å². The molecule has 1 heterocycles. The molecule has 0 amide bonds. The van der Waals surface area contributed by atoms with E-state index in [1.54, 1.807) is 11.3 Å². The van der Waals surface area contributed by atoms with Crippen LogP contribution in [0.25, 0.3) is 10.2 Å². The number of nitrogens with one attached hydrogen (secondary N) is 1. The van der Waals surface area contributed by atoms with Gasteiger partial charge in [-0.25, -0.2) is 4.98 Å². The fraction of sp³-hybridized carbons (Fsp3) is 0.188. The van der Waals surface area contributed by atoms with Gasteiger partial charge in [0.05, 0.1) is 16.8 Å². The van der Waals surface area contributed by atoms with E-state index in [4.69, 9.17) is 4.74 Å². The van der Waals surface area contributed by atoms with Gasteiger partial charge >= 0.3 is 0 Å². The minimum absolute atomic E-state index is 0.681. The third-order valence-corrected chi connectivity index (χ3v) is 3.94. The van der Waals surface area contributed by atoms with Crippen molar-refractivity contribution < 1.29 is 4.74 Å². The number of hydrogen-bond donors (Lipinski definition) is 1. The average Bonchev–Trinajstić information content (AvgIpc) is 2.82. The topological polar surface area (TPSA) is 34.1 Å². The number of ether oxygens (including phenoxy) is 1. The average molecular weight is 284 g/mol. The normalized spacial score (nSPS) is 10.7. The Labute approximate surface area is 122 Å². The highest BCUT2D eigenvalue weighted by atomic mass is 32.1. The van der Waals surface area contributed by atoms with Crippen LogP contribution < -0.4 is 10.1 Å². The number of nitrogens with zero attached hydrogens (tertiary/aromatic N) is 1. The molecule has 0 aliphatic heterocycles. The van der Waals surface area contributed by atoms with E-state index < -0.39 is 0 Å². The molecule has 3 rings (SSSR count). The molecule has 1 N–H and O–H groups in total. The second-order valence-corrected chi connectivity index (χ2v) is 5.56. The molecule has 2 aromatic carbocycles. The molecule has 0 radical (unpaired) electrons. The van der Waals surface area contributed by atoms with Gasteiger partial charge in [0, 0.05) is 5.69 Å². The fourth-order valence-electron chi connectivity index (χ4n) is 2.07. The van der Waals surface area contributed by atoms with Crippen molar-refractivity contribution in [1.82, 2.24) is 4.98 Å². The van der Waals surface area contributed by atoms with Crippen LogP contribution in [0.3, 0.4) is 0 Å². The summed E-state index contributed by atoms with van der Waals surface area (Å²) in [6, 6.07) is 14.2. The van der Waals surface area contributed by atoms with E-state index in [2.05, 4.69) is 22.4 Å². The number of rotatable bonds is 4. The van der Waals surface area contributed by atoms with E-state index in [1.807, 2.05) is 44.2 Å². The van der Waals surface area contributed by atoms with E-state index >= 15 is 0 Å². The van der Waals surface area contributed by atoms with Crippen LogP contribution in [0.5, 0.6) is 5.75 Å². The van der Waals surface area contributed by atoms with Gasteiger partial charge in [-0.3, -0.25) is 0 Å². The maximum absolute atomic E-state index is 5.63. The Kier molecular flexibility index (Phi) is 3.56. The van der Waals surface area contributed by atoms with Gasteiger partial charge in [0.25, 0.3) is 0 Å². The summed E-state index contributed by atoms with van der Waals surface area (Å²) in [5, 5.41) is 4.23. The zero-order valence-corrected chi connectivity index (χ0v) is 12.3. The summed E-state index contributed by atoms with van der Waals surface area (Å²) in [6.45, 7) is 4.73. The highest BCUT2D eigenvalue weighted by molar-refractivity contribution is 7.22. The van der Waals surface area contributed by atoms with Crippen molar-refractivity contribution >= 4 is 32.4 Å². The molecule has 20 heavy (non-hydrogen) atoms. The van der Waals surface area contributed by atoms with Gasteiger partial charge in [0.15, 0.2) is 5.13 Å². The first-order chi connectivity index (χ1) is 9.76. The lowest BCUT2D eigenvalue weighted by molar-refractivity contribution is 0.338. The second-order valence-electron chi connectivity index (χ2n) is 4.53. The molecule has 4 heteroatoms. The quantitative estimate of drug-likeness (QED) is 0.751. The first-order valence-corrected chi connectivity index (χ1v) is 7.44. The van der Waals surface area contributed by atoms with Crippen molar-refractivity contribution in [1.29, 1.82) is 0 Å². The maximum Gasteiger partial charge on any atom is 0.188 e. The summed E-state index contributed by atoms with van der Waals surface area (Å²) < 4.78 is 6.77. The van der Waals surface area contributed by atoms with Gasteiger partial charge < -0.3 is 10.1 Å². The molecule has 0 spiro atoms. The van der Waals surface area contributed by atoms with Crippen LogP contribution in [0.15, 0.2) is 42.5 Å². The molecule has 0 saturated carbocycles. The van der Waals surface area contributed by atoms with Crippen molar-refractivity contribution in [2.24, 2.45) is 0 Å². The number of benzene rings is 2. The number of aryl methyl sites for hydroxylation is 1. The summed E-state index contributed by atoms with van der Waals surface area (Å²) in [7, 11) is 0. The zero-order chi connectivity index (χ0) is 13.9. The van der Waals surface area contributed by atoms with Crippen LogP contribution in [0.2, 0.25) is 0 Å². The minimum atomic E-state index is 0.681. The monoisotopic (exact) mass is 284 g/mol. The highest BCUT2D eigenvalue weighted by Crippen LogP contribution is 2.33. The number of fused-ring (bicyclic) bond motifs is 1. The van der Waals surface area contributed by atoms with E-state index in [0.29, 0.717) is 6.61 Å². The van der Waals surface area contributed by atoms with Crippen LogP contribution in [-0.4, -0.2) is 11.6 Å². The third kappa shape index (κ3) is 2.60. The standard InChI is InChI=1S/C16H16N2OS/c1-3-19-14-10-15-13(9-11(14)2)18-16(20-15)17-12-7-5-4-6-8-12/h4-10H,3H2,1-2H3,(H,17,18). The molecular formula is C16H16N2OS. The van der Waals surface area contributed by atoms with Crippen LogP contribution in [0.1, 0.15) is 12.5 Å². The SMILES string of the molecule is CCOc1cc2sc(Nc3ccccc3)nc2cc1C. The minimum Gasteiger partial charge on any atom is -0.494 e. The van der Waals surface area contributed by atoms with Crippen molar-refractivity contribution in [3.8, 4) is 5.75 Å². The summed E-state index contributed by atoms with van der Waals surface area (Å²) in [5.74, 6) is 0.940. The molecule has 3 aromatic rings. The summed E-state index contributed by atoms with van der Waals surface area (Å²) in [4.78, 5) is 4.62. The fourth-order valence-corrected chi connectivity index (χ4v) is 2.97. The lowest BCUT2D eigenvalue weighted by Gasteiger charge is -2.05. The van der Waals surface area contributed by atoms with Crippen LogP contribution >= 0.6 is 11.3 Å². The van der Waals surface area contributed by atoms with E-state index in [1.165, 1.54) is 0 Å². The van der Waals surface area contributed by atoms with Crippen LogP contribution in [-0.2, 0) is 0 Å². The predicted octanol–water partition coefficient (Wildman–Crippen LogP) is 4.75.